The molecule has 4 rings (SSSR count). The number of carbonyl (C=O) groups is 1. The quantitative estimate of drug-likeness (QED) is 0.741. The fourth-order valence-electron chi connectivity index (χ4n) is 4.80. The first-order valence-corrected chi connectivity index (χ1v) is 9.58. The number of rotatable bonds is 5. The third-order valence-electron chi connectivity index (χ3n) is 6.18. The number of cyclic esters (lactones) is 1. The molecule has 0 bridgehead atoms. The number of fused-ring (bicyclic) bond motifs is 1. The second-order valence-corrected chi connectivity index (χ2v) is 7.90. The molecule has 142 valence electrons. The van der Waals surface area contributed by atoms with Crippen LogP contribution in [0, 0.1) is 11.8 Å². The van der Waals surface area contributed by atoms with Crippen LogP contribution < -0.4 is 9.47 Å². The zero-order valence-corrected chi connectivity index (χ0v) is 16.2. The Kier molecular flexibility index (Phi) is 4.58. The Balaban J connectivity index is 1.70. The van der Waals surface area contributed by atoms with Crippen LogP contribution in [-0.4, -0.2) is 19.7 Å². The summed E-state index contributed by atoms with van der Waals surface area (Å²) in [6, 6.07) is 14.2. The summed E-state index contributed by atoms with van der Waals surface area (Å²) in [6.07, 6.45) is 1.80. The average Bonchev–Trinajstić information content (AvgIpc) is 3.20. The molecular formula is C23H26O4. The molecule has 0 aromatic heterocycles. The van der Waals surface area contributed by atoms with Crippen LogP contribution in [-0.2, 0) is 28.0 Å². The van der Waals surface area contributed by atoms with Crippen molar-refractivity contribution in [2.24, 2.45) is 11.8 Å². The van der Waals surface area contributed by atoms with Crippen molar-refractivity contribution in [3.8, 4) is 11.5 Å². The van der Waals surface area contributed by atoms with Crippen molar-refractivity contribution >= 4 is 5.97 Å². The van der Waals surface area contributed by atoms with Crippen LogP contribution in [0.1, 0.15) is 37.0 Å². The molecule has 3 atom stereocenters. The lowest BCUT2D eigenvalue weighted by molar-refractivity contribution is -0.143. The van der Waals surface area contributed by atoms with Crippen LogP contribution in [0.5, 0.6) is 11.5 Å². The number of hydrogen-bond acceptors (Lipinski definition) is 4. The van der Waals surface area contributed by atoms with Crippen molar-refractivity contribution < 1.29 is 19.0 Å². The van der Waals surface area contributed by atoms with Gasteiger partial charge in [-0.3, -0.25) is 4.79 Å². The first-order valence-electron chi connectivity index (χ1n) is 9.58. The van der Waals surface area contributed by atoms with E-state index in [1.54, 1.807) is 7.11 Å². The SMILES string of the molecule is COc1ccc2c(c1OCc1ccccc1)CCC2(C)C1C(=O)OC[C@H]1C. The Morgan fingerprint density at radius 2 is 1.96 bits per heavy atom. The molecule has 1 aliphatic heterocycles. The molecule has 4 heteroatoms. The Morgan fingerprint density at radius 3 is 2.63 bits per heavy atom. The van der Waals surface area contributed by atoms with Gasteiger partial charge in [0.05, 0.1) is 19.6 Å². The molecule has 2 aliphatic rings. The van der Waals surface area contributed by atoms with E-state index in [9.17, 15) is 4.79 Å². The normalized spacial score (nSPS) is 26.6. The molecule has 0 N–H and O–H groups in total. The van der Waals surface area contributed by atoms with Crippen molar-refractivity contribution in [2.75, 3.05) is 13.7 Å². The standard InChI is InChI=1S/C23H26O4/c1-15-13-27-22(24)20(15)23(2)12-11-17-18(23)9-10-19(25-3)21(17)26-14-16-7-5-4-6-8-16/h4-10,15,20H,11-14H2,1-3H3/t15-,20?,23?/m1/s1. The van der Waals surface area contributed by atoms with E-state index in [2.05, 4.69) is 32.0 Å². The van der Waals surface area contributed by atoms with E-state index >= 15 is 0 Å². The van der Waals surface area contributed by atoms with Crippen LogP contribution in [0.3, 0.4) is 0 Å². The fourth-order valence-corrected chi connectivity index (χ4v) is 4.80. The molecule has 2 unspecified atom stereocenters. The van der Waals surface area contributed by atoms with Gasteiger partial charge in [-0.1, -0.05) is 50.2 Å². The lowest BCUT2D eigenvalue weighted by Gasteiger charge is -2.32. The highest BCUT2D eigenvalue weighted by atomic mass is 16.5. The summed E-state index contributed by atoms with van der Waals surface area (Å²) < 4.78 is 17.2. The first kappa shape index (κ1) is 17.9. The maximum Gasteiger partial charge on any atom is 0.310 e. The van der Waals surface area contributed by atoms with Crippen molar-refractivity contribution in [2.45, 2.75) is 38.7 Å². The monoisotopic (exact) mass is 366 g/mol. The van der Waals surface area contributed by atoms with Gasteiger partial charge in [0.25, 0.3) is 0 Å². The molecule has 1 aliphatic carbocycles. The van der Waals surface area contributed by atoms with Gasteiger partial charge in [-0.25, -0.2) is 0 Å². The minimum atomic E-state index is -0.223. The lowest BCUT2D eigenvalue weighted by atomic mass is 9.68. The first-order chi connectivity index (χ1) is 13.0. The van der Waals surface area contributed by atoms with Gasteiger partial charge in [0.15, 0.2) is 11.5 Å². The van der Waals surface area contributed by atoms with Crippen molar-refractivity contribution in [1.29, 1.82) is 0 Å². The highest BCUT2D eigenvalue weighted by Gasteiger charge is 2.51. The van der Waals surface area contributed by atoms with Crippen LogP contribution >= 0.6 is 0 Å². The van der Waals surface area contributed by atoms with E-state index < -0.39 is 0 Å². The van der Waals surface area contributed by atoms with E-state index in [-0.39, 0.29) is 23.2 Å². The van der Waals surface area contributed by atoms with Gasteiger partial charge in [0.2, 0.25) is 0 Å². The molecule has 2 aromatic rings. The topological polar surface area (TPSA) is 44.8 Å². The van der Waals surface area contributed by atoms with E-state index in [1.807, 2.05) is 24.3 Å². The van der Waals surface area contributed by atoms with Crippen LogP contribution in [0.4, 0.5) is 0 Å². The highest BCUT2D eigenvalue weighted by molar-refractivity contribution is 5.77. The van der Waals surface area contributed by atoms with Gasteiger partial charge in [-0.05, 0) is 30.0 Å². The summed E-state index contributed by atoms with van der Waals surface area (Å²) in [5.74, 6) is 1.61. The Bertz CT molecular complexity index is 845. The zero-order chi connectivity index (χ0) is 19.0. The number of carbonyl (C=O) groups excluding carboxylic acids is 1. The van der Waals surface area contributed by atoms with Gasteiger partial charge in [0.1, 0.15) is 6.61 Å². The molecule has 0 radical (unpaired) electrons. The maximum absolute atomic E-state index is 12.4. The summed E-state index contributed by atoms with van der Waals surface area (Å²) >= 11 is 0. The van der Waals surface area contributed by atoms with Crippen LogP contribution in [0.15, 0.2) is 42.5 Å². The van der Waals surface area contributed by atoms with Crippen molar-refractivity contribution in [3.05, 3.63) is 59.2 Å². The van der Waals surface area contributed by atoms with Gasteiger partial charge in [-0.15, -0.1) is 0 Å². The van der Waals surface area contributed by atoms with Crippen LogP contribution in [0.2, 0.25) is 0 Å². The van der Waals surface area contributed by atoms with E-state index in [0.717, 1.165) is 29.9 Å². The van der Waals surface area contributed by atoms with Gasteiger partial charge >= 0.3 is 5.97 Å². The molecule has 0 saturated carbocycles. The van der Waals surface area contributed by atoms with Crippen molar-refractivity contribution in [1.82, 2.24) is 0 Å². The Hall–Kier alpha value is -2.49. The smallest absolute Gasteiger partial charge is 0.310 e. The molecule has 4 nitrogen and oxygen atoms in total. The van der Waals surface area contributed by atoms with Crippen LogP contribution in [0.25, 0.3) is 0 Å². The number of esters is 1. The summed E-state index contributed by atoms with van der Waals surface area (Å²) in [5, 5.41) is 0. The van der Waals surface area contributed by atoms with Gasteiger partial charge in [0, 0.05) is 16.9 Å². The fraction of sp³-hybridized carbons (Fsp3) is 0.435. The van der Waals surface area contributed by atoms with E-state index in [0.29, 0.717) is 13.2 Å². The summed E-state index contributed by atoms with van der Waals surface area (Å²) in [5.41, 5.74) is 3.26. The minimum absolute atomic E-state index is 0.0691. The van der Waals surface area contributed by atoms with Gasteiger partial charge < -0.3 is 14.2 Å². The second-order valence-electron chi connectivity index (χ2n) is 7.90. The second kappa shape index (κ2) is 6.91. The largest absolute Gasteiger partial charge is 0.493 e. The predicted octanol–water partition coefficient (Wildman–Crippen LogP) is 4.29. The Labute approximate surface area is 160 Å². The molecular weight excluding hydrogens is 340 g/mol. The predicted molar refractivity (Wildman–Crippen MR) is 103 cm³/mol. The van der Waals surface area contributed by atoms with E-state index in [4.69, 9.17) is 14.2 Å². The molecule has 2 aromatic carbocycles. The van der Waals surface area contributed by atoms with Gasteiger partial charge in [-0.2, -0.15) is 0 Å². The number of benzene rings is 2. The molecule has 0 spiro atoms. The maximum atomic E-state index is 12.4. The molecule has 1 saturated heterocycles. The number of hydrogen-bond donors (Lipinski definition) is 0. The van der Waals surface area contributed by atoms with E-state index in [1.165, 1.54) is 11.1 Å². The molecule has 0 amide bonds. The third-order valence-corrected chi connectivity index (χ3v) is 6.18. The summed E-state index contributed by atoms with van der Waals surface area (Å²) in [7, 11) is 1.67. The van der Waals surface area contributed by atoms with Crippen molar-refractivity contribution in [3.63, 3.8) is 0 Å². The number of methoxy groups -OCH3 is 1. The Morgan fingerprint density at radius 1 is 1.19 bits per heavy atom. The molecule has 1 fully saturated rings. The molecule has 1 heterocycles. The lowest BCUT2D eigenvalue weighted by Crippen LogP contribution is -2.36. The zero-order valence-electron chi connectivity index (χ0n) is 16.2. The summed E-state index contributed by atoms with van der Waals surface area (Å²) in [4.78, 5) is 12.4. The number of ether oxygens (including phenoxy) is 3. The molecule has 27 heavy (non-hydrogen) atoms. The average molecular weight is 366 g/mol. The minimum Gasteiger partial charge on any atom is -0.493 e. The summed E-state index contributed by atoms with van der Waals surface area (Å²) in [6.45, 7) is 5.31. The third kappa shape index (κ3) is 2.97. The highest BCUT2D eigenvalue weighted by Crippen LogP contribution is 2.52.